The summed E-state index contributed by atoms with van der Waals surface area (Å²) in [5.41, 5.74) is 1.48. The maximum atomic E-state index is 12.7. The molecular formula is C22H23ClF3N. The number of aryl methyl sites for hydroxylation is 1. The van der Waals surface area contributed by atoms with Crippen LogP contribution in [0.2, 0.25) is 0 Å². The van der Waals surface area contributed by atoms with E-state index in [-0.39, 0.29) is 12.4 Å². The van der Waals surface area contributed by atoms with E-state index in [2.05, 4.69) is 35.6 Å². The lowest BCUT2D eigenvalue weighted by Gasteiger charge is -2.10. The van der Waals surface area contributed by atoms with E-state index in [9.17, 15) is 13.2 Å². The average Bonchev–Trinajstić information content (AvgIpc) is 2.64. The van der Waals surface area contributed by atoms with Gasteiger partial charge in [-0.3, -0.25) is 0 Å². The number of alkyl halides is 3. The summed E-state index contributed by atoms with van der Waals surface area (Å²) in [6.07, 6.45) is -1.88. The lowest BCUT2D eigenvalue weighted by molar-refractivity contribution is -0.137. The molecule has 0 aromatic heterocycles. The van der Waals surface area contributed by atoms with Crippen molar-refractivity contribution in [1.82, 2.24) is 5.32 Å². The molecule has 0 unspecified atom stereocenters. The van der Waals surface area contributed by atoms with Crippen molar-refractivity contribution in [2.24, 2.45) is 0 Å². The molecule has 0 fully saturated rings. The van der Waals surface area contributed by atoms with Gasteiger partial charge in [0.1, 0.15) is 0 Å². The fourth-order valence-corrected chi connectivity index (χ4v) is 3.18. The number of hydrogen-bond donors (Lipinski definition) is 1. The summed E-state index contributed by atoms with van der Waals surface area (Å²) in [6.45, 7) is 1.65. The summed E-state index contributed by atoms with van der Waals surface area (Å²) < 4.78 is 38.1. The lowest BCUT2D eigenvalue weighted by atomic mass is 10.0. The topological polar surface area (TPSA) is 12.0 Å². The van der Waals surface area contributed by atoms with Crippen molar-refractivity contribution in [3.63, 3.8) is 0 Å². The Morgan fingerprint density at radius 1 is 0.778 bits per heavy atom. The minimum absolute atomic E-state index is 0. The Morgan fingerprint density at radius 3 is 2.33 bits per heavy atom. The van der Waals surface area contributed by atoms with Crippen molar-refractivity contribution in [3.05, 3.63) is 83.4 Å². The van der Waals surface area contributed by atoms with Gasteiger partial charge < -0.3 is 5.32 Å². The highest BCUT2D eigenvalue weighted by Gasteiger charge is 2.30. The first-order valence-electron chi connectivity index (χ1n) is 8.87. The van der Waals surface area contributed by atoms with E-state index in [4.69, 9.17) is 0 Å². The van der Waals surface area contributed by atoms with E-state index >= 15 is 0 Å². The van der Waals surface area contributed by atoms with Crippen molar-refractivity contribution < 1.29 is 13.2 Å². The van der Waals surface area contributed by atoms with Crippen molar-refractivity contribution in [2.45, 2.75) is 25.4 Å². The van der Waals surface area contributed by atoms with Crippen molar-refractivity contribution in [2.75, 3.05) is 13.1 Å². The summed E-state index contributed by atoms with van der Waals surface area (Å²) >= 11 is 0. The van der Waals surface area contributed by atoms with Crippen molar-refractivity contribution >= 4 is 23.2 Å². The maximum absolute atomic E-state index is 12.7. The monoisotopic (exact) mass is 393 g/mol. The Kier molecular flexibility index (Phi) is 7.69. The molecule has 0 spiro atoms. The van der Waals surface area contributed by atoms with E-state index < -0.39 is 11.7 Å². The quantitative estimate of drug-likeness (QED) is 0.482. The van der Waals surface area contributed by atoms with Gasteiger partial charge in [-0.25, -0.2) is 0 Å². The Morgan fingerprint density at radius 2 is 1.52 bits per heavy atom. The van der Waals surface area contributed by atoms with Gasteiger partial charge in [0.15, 0.2) is 0 Å². The van der Waals surface area contributed by atoms with E-state index in [0.29, 0.717) is 6.42 Å². The van der Waals surface area contributed by atoms with E-state index in [1.165, 1.54) is 28.5 Å². The van der Waals surface area contributed by atoms with Crippen LogP contribution in [0, 0.1) is 0 Å². The van der Waals surface area contributed by atoms with Gasteiger partial charge in [-0.05, 0) is 60.3 Å². The van der Waals surface area contributed by atoms with Gasteiger partial charge in [-0.15, -0.1) is 12.4 Å². The van der Waals surface area contributed by atoms with Crippen LogP contribution in [0.15, 0.2) is 66.7 Å². The minimum Gasteiger partial charge on any atom is -0.316 e. The maximum Gasteiger partial charge on any atom is 0.416 e. The van der Waals surface area contributed by atoms with Gasteiger partial charge in [-0.2, -0.15) is 13.2 Å². The molecule has 1 N–H and O–H groups in total. The van der Waals surface area contributed by atoms with Crippen LogP contribution >= 0.6 is 12.4 Å². The second-order valence-corrected chi connectivity index (χ2v) is 6.44. The highest BCUT2D eigenvalue weighted by Crippen LogP contribution is 2.29. The second kappa shape index (κ2) is 9.77. The van der Waals surface area contributed by atoms with Gasteiger partial charge in [0.05, 0.1) is 5.56 Å². The molecule has 27 heavy (non-hydrogen) atoms. The van der Waals surface area contributed by atoms with Crippen LogP contribution in [0.3, 0.4) is 0 Å². The summed E-state index contributed by atoms with van der Waals surface area (Å²) in [7, 11) is 0. The average molecular weight is 394 g/mol. The van der Waals surface area contributed by atoms with Crippen LogP contribution in [-0.4, -0.2) is 13.1 Å². The molecule has 0 saturated heterocycles. The largest absolute Gasteiger partial charge is 0.416 e. The molecule has 0 radical (unpaired) electrons. The fourth-order valence-electron chi connectivity index (χ4n) is 3.18. The summed E-state index contributed by atoms with van der Waals surface area (Å²) in [5, 5.41) is 5.91. The molecular weight excluding hydrogens is 371 g/mol. The SMILES string of the molecule is Cl.FC(F)(F)c1cccc(CCCNCCc2cccc3ccccc23)c1. The zero-order valence-electron chi connectivity index (χ0n) is 14.9. The lowest BCUT2D eigenvalue weighted by Crippen LogP contribution is -2.19. The molecule has 144 valence electrons. The molecule has 3 aromatic rings. The number of rotatable bonds is 7. The van der Waals surface area contributed by atoms with Crippen LogP contribution < -0.4 is 5.32 Å². The molecule has 0 amide bonds. The minimum atomic E-state index is -4.27. The summed E-state index contributed by atoms with van der Waals surface area (Å²) in [4.78, 5) is 0. The fraction of sp³-hybridized carbons (Fsp3) is 0.273. The number of benzene rings is 3. The van der Waals surface area contributed by atoms with Crippen LogP contribution in [-0.2, 0) is 19.0 Å². The highest BCUT2D eigenvalue weighted by molar-refractivity contribution is 5.86. The third kappa shape index (κ3) is 5.98. The zero-order valence-corrected chi connectivity index (χ0v) is 15.7. The molecule has 1 nitrogen and oxygen atoms in total. The van der Waals surface area contributed by atoms with Gasteiger partial charge in [0.25, 0.3) is 0 Å². The molecule has 3 aromatic carbocycles. The van der Waals surface area contributed by atoms with E-state index in [1.54, 1.807) is 6.07 Å². The van der Waals surface area contributed by atoms with Crippen LogP contribution in [0.1, 0.15) is 23.1 Å². The number of fused-ring (bicyclic) bond motifs is 1. The second-order valence-electron chi connectivity index (χ2n) is 6.44. The molecule has 0 aliphatic rings. The summed E-state index contributed by atoms with van der Waals surface area (Å²) in [6, 6.07) is 20.3. The van der Waals surface area contributed by atoms with Gasteiger partial charge >= 0.3 is 6.18 Å². The van der Waals surface area contributed by atoms with Crippen LogP contribution in [0.25, 0.3) is 10.8 Å². The Labute approximate surface area is 164 Å². The Bertz CT molecular complexity index is 856. The van der Waals surface area contributed by atoms with Gasteiger partial charge in [0.2, 0.25) is 0 Å². The Hall–Kier alpha value is -2.04. The van der Waals surface area contributed by atoms with E-state index in [0.717, 1.165) is 37.6 Å². The van der Waals surface area contributed by atoms with Crippen molar-refractivity contribution in [1.29, 1.82) is 0 Å². The molecule has 3 rings (SSSR count). The molecule has 5 heteroatoms. The van der Waals surface area contributed by atoms with Gasteiger partial charge in [0, 0.05) is 0 Å². The molecule has 0 bridgehead atoms. The predicted molar refractivity (Wildman–Crippen MR) is 108 cm³/mol. The first-order chi connectivity index (χ1) is 12.5. The van der Waals surface area contributed by atoms with Gasteiger partial charge in [-0.1, -0.05) is 60.7 Å². The molecule has 0 atom stereocenters. The standard InChI is InChI=1S/C22H22F3N.ClH/c23-22(24,25)20-11-3-6-17(16-20)7-5-14-26-15-13-19-10-4-9-18-8-1-2-12-21(18)19;/h1-4,6,8-12,16,26H,5,7,13-15H2;1H. The Balaban J connectivity index is 0.00000261. The predicted octanol–water partition coefficient (Wildman–Crippen LogP) is 6.05. The van der Waals surface area contributed by atoms with Crippen molar-refractivity contribution in [3.8, 4) is 0 Å². The molecule has 0 saturated carbocycles. The zero-order chi connectivity index (χ0) is 18.4. The normalized spacial score (nSPS) is 11.4. The first-order valence-corrected chi connectivity index (χ1v) is 8.87. The molecule has 0 aliphatic heterocycles. The van der Waals surface area contributed by atoms with Crippen LogP contribution in [0.4, 0.5) is 13.2 Å². The van der Waals surface area contributed by atoms with E-state index in [1.807, 2.05) is 12.1 Å². The number of hydrogen-bond acceptors (Lipinski definition) is 1. The summed E-state index contributed by atoms with van der Waals surface area (Å²) in [5.74, 6) is 0. The highest BCUT2D eigenvalue weighted by atomic mass is 35.5. The third-order valence-corrected chi connectivity index (χ3v) is 4.52. The smallest absolute Gasteiger partial charge is 0.316 e. The third-order valence-electron chi connectivity index (χ3n) is 4.52. The molecule has 0 aliphatic carbocycles. The molecule has 0 heterocycles. The number of nitrogens with one attached hydrogen (secondary N) is 1. The number of halogens is 4. The van der Waals surface area contributed by atoms with Crippen LogP contribution in [0.5, 0.6) is 0 Å². The first kappa shape index (κ1) is 21.3.